The molecule has 2 rings (SSSR count). The van der Waals surface area contributed by atoms with Crippen molar-refractivity contribution in [1.29, 1.82) is 0 Å². The molecule has 0 aromatic carbocycles. The summed E-state index contributed by atoms with van der Waals surface area (Å²) in [5.41, 5.74) is 1.02. The van der Waals surface area contributed by atoms with E-state index in [1.165, 1.54) is 38.4 Å². The van der Waals surface area contributed by atoms with Crippen LogP contribution in [0.5, 0.6) is 0 Å². The first-order valence-corrected chi connectivity index (χ1v) is 8.02. The molecule has 20 heavy (non-hydrogen) atoms. The van der Waals surface area contributed by atoms with E-state index in [9.17, 15) is 5.11 Å². The zero-order valence-corrected chi connectivity index (χ0v) is 12.9. The largest absolute Gasteiger partial charge is 0.395 e. The first-order valence-electron chi connectivity index (χ1n) is 7.64. The Morgan fingerprint density at radius 2 is 2.05 bits per heavy atom. The van der Waals surface area contributed by atoms with Crippen molar-refractivity contribution in [2.75, 3.05) is 18.1 Å². The van der Waals surface area contributed by atoms with Crippen molar-refractivity contribution >= 4 is 17.4 Å². The summed E-state index contributed by atoms with van der Waals surface area (Å²) in [6.45, 7) is 2.89. The average Bonchev–Trinajstić information content (AvgIpc) is 2.48. The van der Waals surface area contributed by atoms with Crippen LogP contribution in [-0.4, -0.2) is 34.3 Å². The van der Waals surface area contributed by atoms with Gasteiger partial charge in [0.25, 0.3) is 0 Å². The number of aromatic nitrogens is 2. The molecule has 1 aliphatic carbocycles. The fraction of sp³-hybridized carbons (Fsp3) is 0.733. The number of halogens is 1. The highest BCUT2D eigenvalue weighted by Crippen LogP contribution is 2.30. The standard InChI is InChI=1S/C15H24ClN3O/c1-2-6-13-14(16)17-11-18-15(13)19(9-10-20)12-7-4-3-5-8-12/h11-12,20H,2-10H2,1H3. The molecular weight excluding hydrogens is 274 g/mol. The third-order valence-corrected chi connectivity index (χ3v) is 4.32. The number of nitrogens with zero attached hydrogens (tertiary/aromatic N) is 3. The van der Waals surface area contributed by atoms with Crippen LogP contribution >= 0.6 is 11.6 Å². The van der Waals surface area contributed by atoms with Crippen LogP contribution in [0, 0.1) is 0 Å². The van der Waals surface area contributed by atoms with Crippen LogP contribution in [-0.2, 0) is 6.42 Å². The normalized spacial score (nSPS) is 16.4. The SMILES string of the molecule is CCCc1c(Cl)ncnc1N(CCO)C1CCCCC1. The average molecular weight is 298 g/mol. The summed E-state index contributed by atoms with van der Waals surface area (Å²) in [6, 6.07) is 0.470. The van der Waals surface area contributed by atoms with Crippen molar-refractivity contribution in [2.45, 2.75) is 57.9 Å². The van der Waals surface area contributed by atoms with Gasteiger partial charge in [-0.15, -0.1) is 0 Å². The molecule has 0 atom stereocenters. The van der Waals surface area contributed by atoms with Crippen LogP contribution in [0.2, 0.25) is 5.15 Å². The van der Waals surface area contributed by atoms with Crippen molar-refractivity contribution in [2.24, 2.45) is 0 Å². The molecule has 1 aromatic heterocycles. The second-order valence-electron chi connectivity index (χ2n) is 5.43. The lowest BCUT2D eigenvalue weighted by atomic mass is 9.94. The van der Waals surface area contributed by atoms with E-state index in [2.05, 4.69) is 21.8 Å². The van der Waals surface area contributed by atoms with Gasteiger partial charge in [0.1, 0.15) is 17.3 Å². The Bertz CT molecular complexity index is 422. The summed E-state index contributed by atoms with van der Waals surface area (Å²) >= 11 is 6.25. The molecule has 0 amide bonds. The number of hydrogen-bond donors (Lipinski definition) is 1. The van der Waals surface area contributed by atoms with E-state index in [1.54, 1.807) is 0 Å². The monoisotopic (exact) mass is 297 g/mol. The zero-order chi connectivity index (χ0) is 14.4. The summed E-state index contributed by atoms with van der Waals surface area (Å²) in [5.74, 6) is 0.924. The molecule has 1 heterocycles. The van der Waals surface area contributed by atoms with E-state index < -0.39 is 0 Å². The van der Waals surface area contributed by atoms with Gasteiger partial charge in [-0.3, -0.25) is 0 Å². The molecule has 0 aliphatic heterocycles. The number of hydrogen-bond acceptors (Lipinski definition) is 4. The van der Waals surface area contributed by atoms with E-state index in [0.717, 1.165) is 24.2 Å². The molecule has 0 saturated heterocycles. The fourth-order valence-electron chi connectivity index (χ4n) is 3.06. The maximum Gasteiger partial charge on any atom is 0.137 e. The van der Waals surface area contributed by atoms with Gasteiger partial charge in [-0.25, -0.2) is 9.97 Å². The number of aliphatic hydroxyl groups excluding tert-OH is 1. The van der Waals surface area contributed by atoms with Gasteiger partial charge in [-0.2, -0.15) is 0 Å². The quantitative estimate of drug-likeness (QED) is 0.819. The molecule has 0 unspecified atom stereocenters. The van der Waals surface area contributed by atoms with Crippen LogP contribution < -0.4 is 4.90 Å². The maximum absolute atomic E-state index is 9.40. The Labute approximate surface area is 126 Å². The molecule has 1 aliphatic rings. The zero-order valence-electron chi connectivity index (χ0n) is 12.2. The second kappa shape index (κ2) is 7.79. The number of aliphatic hydroxyl groups is 1. The molecule has 1 aromatic rings. The lowest BCUT2D eigenvalue weighted by Crippen LogP contribution is -2.40. The lowest BCUT2D eigenvalue weighted by Gasteiger charge is -2.36. The van der Waals surface area contributed by atoms with E-state index in [-0.39, 0.29) is 6.61 Å². The Balaban J connectivity index is 2.30. The van der Waals surface area contributed by atoms with Gasteiger partial charge in [0.2, 0.25) is 0 Å². The first-order chi connectivity index (χ1) is 9.77. The van der Waals surface area contributed by atoms with Crippen LogP contribution in [0.1, 0.15) is 51.0 Å². The van der Waals surface area contributed by atoms with Crippen molar-refractivity contribution in [3.8, 4) is 0 Å². The molecule has 1 N–H and O–H groups in total. The molecule has 112 valence electrons. The highest BCUT2D eigenvalue weighted by atomic mass is 35.5. The maximum atomic E-state index is 9.40. The van der Waals surface area contributed by atoms with Crippen LogP contribution in [0.4, 0.5) is 5.82 Å². The van der Waals surface area contributed by atoms with Gasteiger partial charge >= 0.3 is 0 Å². The topological polar surface area (TPSA) is 49.2 Å². The third kappa shape index (κ3) is 3.61. The Morgan fingerprint density at radius 3 is 2.70 bits per heavy atom. The van der Waals surface area contributed by atoms with Crippen molar-refractivity contribution in [3.05, 3.63) is 17.0 Å². The minimum absolute atomic E-state index is 0.143. The number of rotatable bonds is 6. The molecule has 0 spiro atoms. The Morgan fingerprint density at radius 1 is 1.30 bits per heavy atom. The van der Waals surface area contributed by atoms with Crippen LogP contribution in [0.15, 0.2) is 6.33 Å². The number of anilines is 1. The molecule has 5 heteroatoms. The van der Waals surface area contributed by atoms with E-state index >= 15 is 0 Å². The van der Waals surface area contributed by atoms with Crippen LogP contribution in [0.25, 0.3) is 0 Å². The second-order valence-corrected chi connectivity index (χ2v) is 5.78. The van der Waals surface area contributed by atoms with Gasteiger partial charge in [0.15, 0.2) is 0 Å². The predicted octanol–water partition coefficient (Wildman–Crippen LogP) is 3.21. The van der Waals surface area contributed by atoms with E-state index in [1.807, 2.05) is 0 Å². The molecule has 0 radical (unpaired) electrons. The summed E-state index contributed by atoms with van der Waals surface area (Å²) in [5, 5.41) is 9.95. The summed E-state index contributed by atoms with van der Waals surface area (Å²) in [4.78, 5) is 10.8. The highest BCUT2D eigenvalue weighted by molar-refractivity contribution is 6.30. The fourth-order valence-corrected chi connectivity index (χ4v) is 3.28. The smallest absolute Gasteiger partial charge is 0.137 e. The highest BCUT2D eigenvalue weighted by Gasteiger charge is 2.24. The van der Waals surface area contributed by atoms with Crippen molar-refractivity contribution in [1.82, 2.24) is 9.97 Å². The summed E-state index contributed by atoms with van der Waals surface area (Å²) < 4.78 is 0. The van der Waals surface area contributed by atoms with Crippen LogP contribution in [0.3, 0.4) is 0 Å². The minimum Gasteiger partial charge on any atom is -0.395 e. The van der Waals surface area contributed by atoms with Gasteiger partial charge < -0.3 is 10.0 Å². The molecule has 0 bridgehead atoms. The van der Waals surface area contributed by atoms with Crippen molar-refractivity contribution in [3.63, 3.8) is 0 Å². The third-order valence-electron chi connectivity index (χ3n) is 4.00. The van der Waals surface area contributed by atoms with Gasteiger partial charge in [-0.1, -0.05) is 44.2 Å². The van der Waals surface area contributed by atoms with Gasteiger partial charge in [-0.05, 0) is 19.3 Å². The van der Waals surface area contributed by atoms with Gasteiger partial charge in [0, 0.05) is 18.2 Å². The molecular formula is C15H24ClN3O. The minimum atomic E-state index is 0.143. The molecule has 1 saturated carbocycles. The van der Waals surface area contributed by atoms with Crippen molar-refractivity contribution < 1.29 is 5.11 Å². The lowest BCUT2D eigenvalue weighted by molar-refractivity contribution is 0.289. The predicted molar refractivity (Wildman–Crippen MR) is 82.3 cm³/mol. The molecule has 1 fully saturated rings. The summed E-state index contributed by atoms with van der Waals surface area (Å²) in [7, 11) is 0. The molecule has 4 nitrogen and oxygen atoms in total. The summed E-state index contributed by atoms with van der Waals surface area (Å²) in [6.07, 6.45) is 9.60. The van der Waals surface area contributed by atoms with E-state index in [4.69, 9.17) is 11.6 Å². The van der Waals surface area contributed by atoms with Gasteiger partial charge in [0.05, 0.1) is 6.61 Å². The first kappa shape index (κ1) is 15.5. The Hall–Kier alpha value is -0.870. The van der Waals surface area contributed by atoms with E-state index in [0.29, 0.717) is 17.7 Å². The Kier molecular flexibility index (Phi) is 6.05.